The number of piperidine rings is 1. The first-order chi connectivity index (χ1) is 5.88. The number of hydrogen-bond acceptors (Lipinski definition) is 2. The minimum absolute atomic E-state index is 0.00870. The first kappa shape index (κ1) is 7.61. The number of nitrogens with one attached hydrogen (secondary N) is 3. The molecule has 3 N–H and O–H groups in total. The molecule has 0 aromatic carbocycles. The van der Waals surface area contributed by atoms with Gasteiger partial charge in [0.15, 0.2) is 0 Å². The van der Waals surface area contributed by atoms with Crippen molar-refractivity contribution in [3.8, 4) is 0 Å². The Hall–Kier alpha value is -1.03. The van der Waals surface area contributed by atoms with Gasteiger partial charge in [-0.25, -0.2) is 0 Å². The fourth-order valence-corrected chi connectivity index (χ4v) is 1.69. The van der Waals surface area contributed by atoms with Gasteiger partial charge in [0.05, 0.1) is 5.56 Å². The summed E-state index contributed by atoms with van der Waals surface area (Å²) in [5.74, 6) is 0. The molecule has 1 saturated heterocycles. The third-order valence-electron chi connectivity index (χ3n) is 2.36. The highest BCUT2D eigenvalue weighted by atomic mass is 16.1. The van der Waals surface area contributed by atoms with Crippen LogP contribution < -0.4 is 10.9 Å². The van der Waals surface area contributed by atoms with E-state index in [-0.39, 0.29) is 11.6 Å². The molecule has 1 aromatic rings. The lowest BCUT2D eigenvalue weighted by Gasteiger charge is -2.21. The molecule has 1 unspecified atom stereocenters. The van der Waals surface area contributed by atoms with Crippen LogP contribution in [0.1, 0.15) is 30.9 Å². The minimum Gasteiger partial charge on any atom is -0.310 e. The van der Waals surface area contributed by atoms with Gasteiger partial charge in [-0.05, 0) is 19.4 Å². The Morgan fingerprint density at radius 2 is 2.33 bits per heavy atom. The molecular formula is C8H13N3O. The first-order valence-corrected chi connectivity index (χ1v) is 4.37. The maximum atomic E-state index is 11.2. The van der Waals surface area contributed by atoms with Crippen LogP contribution in [-0.2, 0) is 0 Å². The van der Waals surface area contributed by atoms with E-state index in [4.69, 9.17) is 0 Å². The van der Waals surface area contributed by atoms with Crippen LogP contribution in [0.5, 0.6) is 0 Å². The highest BCUT2D eigenvalue weighted by molar-refractivity contribution is 5.10. The highest BCUT2D eigenvalue weighted by Gasteiger charge is 2.17. The van der Waals surface area contributed by atoms with Crippen LogP contribution in [0.2, 0.25) is 0 Å². The van der Waals surface area contributed by atoms with Crippen molar-refractivity contribution in [3.05, 3.63) is 22.1 Å². The number of rotatable bonds is 1. The number of aromatic amines is 2. The van der Waals surface area contributed by atoms with Gasteiger partial charge in [0.1, 0.15) is 0 Å². The van der Waals surface area contributed by atoms with E-state index < -0.39 is 0 Å². The summed E-state index contributed by atoms with van der Waals surface area (Å²) in [5.41, 5.74) is 0.851. The highest BCUT2D eigenvalue weighted by Crippen LogP contribution is 2.18. The van der Waals surface area contributed by atoms with Crippen LogP contribution in [0.25, 0.3) is 0 Å². The maximum absolute atomic E-state index is 11.2. The SMILES string of the molecule is O=c1[nH][nH]cc1C1CCCCN1. The Balaban J connectivity index is 2.18. The summed E-state index contributed by atoms with van der Waals surface area (Å²) in [7, 11) is 0. The molecule has 1 aromatic heterocycles. The number of H-pyrrole nitrogens is 2. The van der Waals surface area contributed by atoms with E-state index in [1.807, 2.05) is 0 Å². The fraction of sp³-hybridized carbons (Fsp3) is 0.625. The van der Waals surface area contributed by atoms with Gasteiger partial charge in [0.2, 0.25) is 0 Å². The molecule has 66 valence electrons. The van der Waals surface area contributed by atoms with Crippen molar-refractivity contribution >= 4 is 0 Å². The Bertz CT molecular complexity index is 295. The van der Waals surface area contributed by atoms with Crippen molar-refractivity contribution in [1.82, 2.24) is 15.5 Å². The Morgan fingerprint density at radius 3 is 2.92 bits per heavy atom. The third-order valence-corrected chi connectivity index (χ3v) is 2.36. The summed E-state index contributed by atoms with van der Waals surface area (Å²) >= 11 is 0. The molecule has 2 heterocycles. The topological polar surface area (TPSA) is 60.7 Å². The van der Waals surface area contributed by atoms with Crippen LogP contribution in [0.3, 0.4) is 0 Å². The summed E-state index contributed by atoms with van der Waals surface area (Å²) < 4.78 is 0. The van der Waals surface area contributed by atoms with Gasteiger partial charge in [-0.2, -0.15) is 0 Å². The smallest absolute Gasteiger partial charge is 0.268 e. The predicted molar refractivity (Wildman–Crippen MR) is 46.0 cm³/mol. The molecule has 4 heteroatoms. The molecule has 1 aliphatic heterocycles. The molecule has 0 amide bonds. The molecule has 1 atom stereocenters. The van der Waals surface area contributed by atoms with Crippen molar-refractivity contribution in [2.75, 3.05) is 6.54 Å². The van der Waals surface area contributed by atoms with E-state index in [1.165, 1.54) is 12.8 Å². The molecule has 0 aliphatic carbocycles. The second kappa shape index (κ2) is 3.15. The van der Waals surface area contributed by atoms with Crippen LogP contribution in [-0.4, -0.2) is 16.7 Å². The van der Waals surface area contributed by atoms with Gasteiger partial charge < -0.3 is 10.4 Å². The number of aromatic nitrogens is 2. The summed E-state index contributed by atoms with van der Waals surface area (Å²) in [6.07, 6.45) is 5.26. The molecule has 0 spiro atoms. The maximum Gasteiger partial charge on any atom is 0.268 e. The monoisotopic (exact) mass is 167 g/mol. The van der Waals surface area contributed by atoms with Gasteiger partial charge in [0, 0.05) is 12.2 Å². The average molecular weight is 167 g/mol. The van der Waals surface area contributed by atoms with E-state index in [1.54, 1.807) is 6.20 Å². The van der Waals surface area contributed by atoms with E-state index >= 15 is 0 Å². The molecule has 2 rings (SSSR count). The zero-order chi connectivity index (χ0) is 8.39. The summed E-state index contributed by atoms with van der Waals surface area (Å²) in [4.78, 5) is 11.2. The zero-order valence-corrected chi connectivity index (χ0v) is 6.89. The Kier molecular flexibility index (Phi) is 1.99. The Morgan fingerprint density at radius 1 is 1.42 bits per heavy atom. The standard InChI is InChI=1S/C8H13N3O/c12-8-6(5-10-11-8)7-3-1-2-4-9-7/h5,7,9H,1-4H2,(H2,10,11,12). The van der Waals surface area contributed by atoms with E-state index in [0.29, 0.717) is 0 Å². The quantitative estimate of drug-likeness (QED) is 0.571. The van der Waals surface area contributed by atoms with Gasteiger partial charge >= 0.3 is 0 Å². The lowest BCUT2D eigenvalue weighted by Crippen LogP contribution is -2.29. The predicted octanol–water partition coefficient (Wildman–Crippen LogP) is 0.518. The van der Waals surface area contributed by atoms with E-state index in [9.17, 15) is 4.79 Å². The molecule has 12 heavy (non-hydrogen) atoms. The second-order valence-electron chi connectivity index (χ2n) is 3.20. The third kappa shape index (κ3) is 1.30. The van der Waals surface area contributed by atoms with Crippen LogP contribution in [0.15, 0.2) is 11.0 Å². The van der Waals surface area contributed by atoms with Crippen molar-refractivity contribution in [2.45, 2.75) is 25.3 Å². The van der Waals surface area contributed by atoms with Gasteiger partial charge in [-0.3, -0.25) is 9.89 Å². The summed E-state index contributed by atoms with van der Waals surface area (Å²) in [6.45, 7) is 1.02. The normalized spacial score (nSPS) is 24.2. The van der Waals surface area contributed by atoms with Crippen molar-refractivity contribution in [1.29, 1.82) is 0 Å². The molecular weight excluding hydrogens is 154 g/mol. The molecule has 0 saturated carbocycles. The molecule has 1 aliphatic rings. The molecule has 4 nitrogen and oxygen atoms in total. The Labute approximate surface area is 70.4 Å². The average Bonchev–Trinajstić information content (AvgIpc) is 2.53. The zero-order valence-electron chi connectivity index (χ0n) is 6.89. The molecule has 0 bridgehead atoms. The van der Waals surface area contributed by atoms with Crippen molar-refractivity contribution in [2.24, 2.45) is 0 Å². The van der Waals surface area contributed by atoms with Gasteiger partial charge in [0.25, 0.3) is 5.56 Å². The van der Waals surface area contributed by atoms with E-state index in [2.05, 4.69) is 15.5 Å². The van der Waals surface area contributed by atoms with Crippen molar-refractivity contribution < 1.29 is 0 Å². The lowest BCUT2D eigenvalue weighted by molar-refractivity contribution is 0.411. The fourth-order valence-electron chi connectivity index (χ4n) is 1.69. The van der Waals surface area contributed by atoms with Crippen molar-refractivity contribution in [3.63, 3.8) is 0 Å². The van der Waals surface area contributed by atoms with E-state index in [0.717, 1.165) is 18.5 Å². The summed E-state index contributed by atoms with van der Waals surface area (Å²) in [5, 5.41) is 8.59. The molecule has 1 fully saturated rings. The lowest BCUT2D eigenvalue weighted by atomic mass is 10.0. The largest absolute Gasteiger partial charge is 0.310 e. The minimum atomic E-state index is 0.00870. The van der Waals surface area contributed by atoms with Crippen LogP contribution >= 0.6 is 0 Å². The first-order valence-electron chi connectivity index (χ1n) is 4.37. The second-order valence-corrected chi connectivity index (χ2v) is 3.20. The van der Waals surface area contributed by atoms with Gasteiger partial charge in [-0.15, -0.1) is 0 Å². The molecule has 0 radical (unpaired) electrons. The van der Waals surface area contributed by atoms with Crippen LogP contribution in [0.4, 0.5) is 0 Å². The number of hydrogen-bond donors (Lipinski definition) is 3. The van der Waals surface area contributed by atoms with Crippen LogP contribution in [0, 0.1) is 0 Å². The summed E-state index contributed by atoms with van der Waals surface area (Å²) in [6, 6.07) is 0.258. The van der Waals surface area contributed by atoms with Gasteiger partial charge in [-0.1, -0.05) is 6.42 Å².